The summed E-state index contributed by atoms with van der Waals surface area (Å²) in [5.74, 6) is -0.522. The van der Waals surface area contributed by atoms with Crippen molar-refractivity contribution in [2.24, 2.45) is 0 Å². The molecule has 0 fully saturated rings. The molecule has 0 heterocycles. The molecule has 0 aliphatic heterocycles. The molecular formula is C19H38O6. The second kappa shape index (κ2) is 19.2. The Morgan fingerprint density at radius 1 is 0.680 bits per heavy atom. The van der Waals surface area contributed by atoms with E-state index < -0.39 is 12.2 Å². The molecule has 0 amide bonds. The molecule has 25 heavy (non-hydrogen) atoms. The summed E-state index contributed by atoms with van der Waals surface area (Å²) in [5.41, 5.74) is 0. The summed E-state index contributed by atoms with van der Waals surface area (Å²) < 4.78 is 20.2. The molecular weight excluding hydrogens is 324 g/mol. The van der Waals surface area contributed by atoms with Gasteiger partial charge in [-0.15, -0.1) is 0 Å². The van der Waals surface area contributed by atoms with Crippen LogP contribution in [0.2, 0.25) is 0 Å². The summed E-state index contributed by atoms with van der Waals surface area (Å²) in [6, 6.07) is 0. The van der Waals surface area contributed by atoms with Crippen molar-refractivity contribution in [1.29, 1.82) is 0 Å². The first-order valence-electron chi connectivity index (χ1n) is 9.50. The number of rotatable bonds is 13. The zero-order valence-electron chi connectivity index (χ0n) is 17.0. The van der Waals surface area contributed by atoms with Crippen LogP contribution in [0.25, 0.3) is 0 Å². The van der Waals surface area contributed by atoms with E-state index in [0.717, 1.165) is 32.1 Å². The van der Waals surface area contributed by atoms with Crippen LogP contribution in [0.5, 0.6) is 0 Å². The summed E-state index contributed by atoms with van der Waals surface area (Å²) in [4.78, 5) is 22.1. The van der Waals surface area contributed by atoms with E-state index in [-0.39, 0.29) is 11.9 Å². The Labute approximate surface area is 153 Å². The van der Waals surface area contributed by atoms with E-state index in [1.807, 2.05) is 6.92 Å². The highest BCUT2D eigenvalue weighted by molar-refractivity contribution is 5.74. The summed E-state index contributed by atoms with van der Waals surface area (Å²) >= 11 is 0. The molecule has 2 unspecified atom stereocenters. The third kappa shape index (κ3) is 17.5. The van der Waals surface area contributed by atoms with Crippen molar-refractivity contribution in [3.8, 4) is 0 Å². The average Bonchev–Trinajstić information content (AvgIpc) is 2.60. The molecule has 0 bridgehead atoms. The van der Waals surface area contributed by atoms with Crippen molar-refractivity contribution in [3.63, 3.8) is 0 Å². The first-order valence-corrected chi connectivity index (χ1v) is 9.50. The zero-order valence-corrected chi connectivity index (χ0v) is 17.0. The molecule has 0 rings (SSSR count). The lowest BCUT2D eigenvalue weighted by molar-refractivity contribution is -0.156. The van der Waals surface area contributed by atoms with Crippen LogP contribution in [-0.4, -0.2) is 50.6 Å². The Bertz CT molecular complexity index is 319. The summed E-state index contributed by atoms with van der Waals surface area (Å²) in [5, 5.41) is 0. The first kappa shape index (κ1) is 26.1. The first-order chi connectivity index (χ1) is 11.9. The van der Waals surface area contributed by atoms with Crippen LogP contribution >= 0.6 is 0 Å². The van der Waals surface area contributed by atoms with Crippen LogP contribution in [0, 0.1) is 0 Å². The molecule has 0 aliphatic carbocycles. The molecule has 6 nitrogen and oxygen atoms in total. The van der Waals surface area contributed by atoms with E-state index in [9.17, 15) is 9.59 Å². The predicted octanol–water partition coefficient (Wildman–Crippen LogP) is 3.90. The molecule has 0 aliphatic rings. The smallest absolute Gasteiger partial charge is 0.334 e. The van der Waals surface area contributed by atoms with E-state index in [2.05, 4.69) is 13.8 Å². The Kier molecular flexibility index (Phi) is 20.0. The number of unbranched alkanes of at least 4 members (excludes halogenated alkanes) is 2. The fourth-order valence-electron chi connectivity index (χ4n) is 1.52. The Balaban J connectivity index is 0. The minimum atomic E-state index is -0.420. The van der Waals surface area contributed by atoms with Gasteiger partial charge in [0.2, 0.25) is 0 Å². The number of carbonyl (C=O) groups is 2. The van der Waals surface area contributed by atoms with Crippen molar-refractivity contribution < 1.29 is 28.5 Å². The molecule has 0 radical (unpaired) electrons. The number of hydrogen-bond acceptors (Lipinski definition) is 6. The molecule has 2 atom stereocenters. The van der Waals surface area contributed by atoms with Crippen LogP contribution in [0.1, 0.15) is 73.6 Å². The lowest BCUT2D eigenvalue weighted by Crippen LogP contribution is -2.24. The number of hydrogen-bond donors (Lipinski definition) is 0. The SMILES string of the molecule is CCCCOC(C)C(=O)OCC.CCCCOC(C)C(=O)OCCC. The molecule has 0 saturated carbocycles. The third-order valence-corrected chi connectivity index (χ3v) is 3.13. The highest BCUT2D eigenvalue weighted by Crippen LogP contribution is 1.98. The van der Waals surface area contributed by atoms with Gasteiger partial charge in [0, 0.05) is 13.2 Å². The van der Waals surface area contributed by atoms with Gasteiger partial charge in [0.15, 0.2) is 12.2 Å². The fourth-order valence-corrected chi connectivity index (χ4v) is 1.52. The average molecular weight is 363 g/mol. The van der Waals surface area contributed by atoms with Gasteiger partial charge in [-0.2, -0.15) is 0 Å². The van der Waals surface area contributed by atoms with Gasteiger partial charge in [0.1, 0.15) is 0 Å². The predicted molar refractivity (Wildman–Crippen MR) is 98.5 cm³/mol. The van der Waals surface area contributed by atoms with Gasteiger partial charge in [-0.1, -0.05) is 33.6 Å². The van der Waals surface area contributed by atoms with Crippen LogP contribution in [0.3, 0.4) is 0 Å². The highest BCUT2D eigenvalue weighted by atomic mass is 16.6. The van der Waals surface area contributed by atoms with Crippen molar-refractivity contribution in [3.05, 3.63) is 0 Å². The maximum Gasteiger partial charge on any atom is 0.334 e. The molecule has 6 heteroatoms. The monoisotopic (exact) mass is 362 g/mol. The minimum absolute atomic E-state index is 0.252. The van der Waals surface area contributed by atoms with Gasteiger partial charge in [0.05, 0.1) is 13.2 Å². The quantitative estimate of drug-likeness (QED) is 0.365. The Hall–Kier alpha value is -1.14. The number of esters is 2. The maximum absolute atomic E-state index is 11.1. The van der Waals surface area contributed by atoms with Gasteiger partial charge in [-0.25, -0.2) is 9.59 Å². The van der Waals surface area contributed by atoms with E-state index >= 15 is 0 Å². The summed E-state index contributed by atoms with van der Waals surface area (Å²) in [7, 11) is 0. The second-order valence-electron chi connectivity index (χ2n) is 5.65. The Morgan fingerprint density at radius 2 is 1.12 bits per heavy atom. The van der Waals surface area contributed by atoms with Gasteiger partial charge in [0.25, 0.3) is 0 Å². The summed E-state index contributed by atoms with van der Waals surface area (Å²) in [6.07, 6.45) is 4.16. The van der Waals surface area contributed by atoms with Crippen LogP contribution in [0.15, 0.2) is 0 Å². The molecule has 0 aromatic heterocycles. The lowest BCUT2D eigenvalue weighted by Gasteiger charge is -2.11. The van der Waals surface area contributed by atoms with Crippen molar-refractivity contribution in [2.45, 2.75) is 85.9 Å². The molecule has 150 valence electrons. The zero-order chi connectivity index (χ0) is 19.5. The lowest BCUT2D eigenvalue weighted by atomic mass is 10.3. The minimum Gasteiger partial charge on any atom is -0.464 e. The number of ether oxygens (including phenoxy) is 4. The van der Waals surface area contributed by atoms with Crippen molar-refractivity contribution in [1.82, 2.24) is 0 Å². The molecule has 0 N–H and O–H groups in total. The van der Waals surface area contributed by atoms with E-state index in [1.54, 1.807) is 20.8 Å². The van der Waals surface area contributed by atoms with Crippen molar-refractivity contribution >= 4 is 11.9 Å². The third-order valence-electron chi connectivity index (χ3n) is 3.13. The Morgan fingerprint density at radius 3 is 1.48 bits per heavy atom. The summed E-state index contributed by atoms with van der Waals surface area (Å²) in [6.45, 7) is 13.5. The van der Waals surface area contributed by atoms with Gasteiger partial charge >= 0.3 is 11.9 Å². The molecule has 0 aromatic carbocycles. The van der Waals surface area contributed by atoms with Gasteiger partial charge < -0.3 is 18.9 Å². The van der Waals surface area contributed by atoms with E-state index in [1.165, 1.54) is 0 Å². The van der Waals surface area contributed by atoms with Crippen LogP contribution in [-0.2, 0) is 28.5 Å². The largest absolute Gasteiger partial charge is 0.464 e. The maximum atomic E-state index is 11.1. The van der Waals surface area contributed by atoms with Crippen molar-refractivity contribution in [2.75, 3.05) is 26.4 Å². The van der Waals surface area contributed by atoms with Gasteiger partial charge in [-0.3, -0.25) is 0 Å². The fraction of sp³-hybridized carbons (Fsp3) is 0.895. The standard InChI is InChI=1S/C10H20O3.C9H18O3/c1-4-6-8-12-9(3)10(11)13-7-5-2;1-4-6-7-12-8(3)9(10)11-5-2/h9H,4-8H2,1-3H3;8H,4-7H2,1-3H3. The normalized spacial score (nSPS) is 12.6. The topological polar surface area (TPSA) is 71.1 Å². The van der Waals surface area contributed by atoms with E-state index in [0.29, 0.717) is 26.4 Å². The molecule has 0 aromatic rings. The molecule has 0 spiro atoms. The number of carbonyl (C=O) groups excluding carboxylic acids is 2. The van der Waals surface area contributed by atoms with Crippen LogP contribution < -0.4 is 0 Å². The van der Waals surface area contributed by atoms with E-state index in [4.69, 9.17) is 18.9 Å². The van der Waals surface area contributed by atoms with Crippen LogP contribution in [0.4, 0.5) is 0 Å². The van der Waals surface area contributed by atoms with Gasteiger partial charge in [-0.05, 0) is 40.0 Å². The highest BCUT2D eigenvalue weighted by Gasteiger charge is 2.14. The second-order valence-corrected chi connectivity index (χ2v) is 5.65. The molecule has 0 saturated heterocycles.